The summed E-state index contributed by atoms with van der Waals surface area (Å²) in [4.78, 5) is 3.24. The Morgan fingerprint density at radius 1 is 1.11 bits per heavy atom. The number of nitrogens with zero attached hydrogens (tertiary/aromatic N) is 3. The molecule has 8 heteroatoms. The lowest BCUT2D eigenvalue weighted by Gasteiger charge is -2.07. The van der Waals surface area contributed by atoms with Crippen LogP contribution in [0.1, 0.15) is 5.56 Å². The zero-order chi connectivity index (χ0) is 18.8. The highest BCUT2D eigenvalue weighted by Crippen LogP contribution is 2.28. The number of ether oxygens (including phenoxy) is 2. The number of rotatable bonds is 5. The highest BCUT2D eigenvalue weighted by Gasteiger charge is 2.13. The van der Waals surface area contributed by atoms with Crippen molar-refractivity contribution in [2.75, 3.05) is 14.2 Å². The molecule has 0 bridgehead atoms. The second kappa shape index (κ2) is 7.08. The largest absolute Gasteiger partial charge is 0.493 e. The van der Waals surface area contributed by atoms with Crippen molar-refractivity contribution >= 4 is 29.3 Å². The summed E-state index contributed by atoms with van der Waals surface area (Å²) in [7, 11) is 3.20. The summed E-state index contributed by atoms with van der Waals surface area (Å²) in [5, 5.41) is 12.7. The third kappa shape index (κ3) is 3.11. The molecule has 0 atom stereocenters. The van der Waals surface area contributed by atoms with Crippen LogP contribution in [0.15, 0.2) is 53.8 Å². The summed E-state index contributed by atoms with van der Waals surface area (Å²) >= 11 is 5.35. The van der Waals surface area contributed by atoms with Crippen LogP contribution < -0.4 is 9.47 Å². The lowest BCUT2D eigenvalue weighted by atomic mass is 10.2. The first-order chi connectivity index (χ1) is 13.2. The summed E-state index contributed by atoms with van der Waals surface area (Å²) < 4.78 is 12.6. The van der Waals surface area contributed by atoms with Crippen LogP contribution in [0.4, 0.5) is 0 Å². The molecule has 27 heavy (non-hydrogen) atoms. The molecule has 7 nitrogen and oxygen atoms in total. The van der Waals surface area contributed by atoms with Gasteiger partial charge in [-0.25, -0.2) is 5.10 Å². The molecule has 0 saturated heterocycles. The Balaban J connectivity index is 1.75. The quantitative estimate of drug-likeness (QED) is 0.406. The van der Waals surface area contributed by atoms with Crippen molar-refractivity contribution in [2.24, 2.45) is 5.10 Å². The van der Waals surface area contributed by atoms with Gasteiger partial charge in [0.1, 0.15) is 0 Å². The van der Waals surface area contributed by atoms with Gasteiger partial charge in [-0.15, -0.1) is 0 Å². The van der Waals surface area contributed by atoms with E-state index in [9.17, 15) is 0 Å². The van der Waals surface area contributed by atoms with E-state index in [-0.39, 0.29) is 0 Å². The highest BCUT2D eigenvalue weighted by atomic mass is 32.1. The lowest BCUT2D eigenvalue weighted by Crippen LogP contribution is -1.96. The smallest absolute Gasteiger partial charge is 0.216 e. The van der Waals surface area contributed by atoms with Gasteiger partial charge in [0.2, 0.25) is 4.77 Å². The number of hydrogen-bond acceptors (Lipinski definition) is 5. The number of H-pyrrole nitrogens is 2. The fourth-order valence-corrected chi connectivity index (χ4v) is 3.07. The molecule has 2 aromatic heterocycles. The third-order valence-corrected chi connectivity index (χ3v) is 4.47. The van der Waals surface area contributed by atoms with Crippen LogP contribution in [0, 0.1) is 4.77 Å². The van der Waals surface area contributed by atoms with E-state index in [0.717, 1.165) is 22.0 Å². The first-order valence-electron chi connectivity index (χ1n) is 8.21. The topological polar surface area (TPSA) is 80.2 Å². The molecule has 2 aromatic carbocycles. The van der Waals surface area contributed by atoms with Crippen LogP contribution in [0.3, 0.4) is 0 Å². The van der Waals surface area contributed by atoms with E-state index in [4.69, 9.17) is 21.7 Å². The molecular weight excluding hydrogens is 362 g/mol. The fourth-order valence-electron chi connectivity index (χ4n) is 2.89. The van der Waals surface area contributed by atoms with Gasteiger partial charge in [-0.05, 0) is 42.0 Å². The van der Waals surface area contributed by atoms with E-state index in [1.807, 2.05) is 48.7 Å². The first kappa shape index (κ1) is 17.0. The number of benzene rings is 2. The summed E-state index contributed by atoms with van der Waals surface area (Å²) in [5.74, 6) is 1.93. The standard InChI is InChI=1S/C19H17N5O2S/c1-25-16-8-7-12(9-17(16)26-2)10-21-24-18(22-23-19(24)27)14-11-20-15-6-4-3-5-13(14)15/h3-11,20H,1-2H3,(H,23,27)/b21-10+. The second-order valence-electron chi connectivity index (χ2n) is 5.77. The van der Waals surface area contributed by atoms with Crippen LogP contribution in [0.2, 0.25) is 0 Å². The van der Waals surface area contributed by atoms with Gasteiger partial charge in [-0.3, -0.25) is 0 Å². The molecule has 0 amide bonds. The van der Waals surface area contributed by atoms with E-state index in [2.05, 4.69) is 20.3 Å². The van der Waals surface area contributed by atoms with Crippen LogP contribution in [-0.2, 0) is 0 Å². The number of aromatic amines is 2. The maximum Gasteiger partial charge on any atom is 0.216 e. The maximum absolute atomic E-state index is 5.35. The molecule has 0 spiro atoms. The maximum atomic E-state index is 5.35. The Hall–Kier alpha value is -3.39. The molecule has 0 aliphatic rings. The summed E-state index contributed by atoms with van der Waals surface area (Å²) in [6.45, 7) is 0. The molecule has 0 aliphatic carbocycles. The lowest BCUT2D eigenvalue weighted by molar-refractivity contribution is 0.355. The predicted octanol–water partition coefficient (Wildman–Crippen LogP) is 3.99. The number of para-hydroxylation sites is 1. The Labute approximate surface area is 160 Å². The molecule has 0 fully saturated rings. The van der Waals surface area contributed by atoms with Gasteiger partial charge in [0.15, 0.2) is 17.3 Å². The minimum Gasteiger partial charge on any atom is -0.493 e. The van der Waals surface area contributed by atoms with Crippen molar-refractivity contribution in [1.82, 2.24) is 19.9 Å². The molecule has 0 radical (unpaired) electrons. The van der Waals surface area contributed by atoms with Gasteiger partial charge in [0.05, 0.1) is 20.4 Å². The number of hydrogen-bond donors (Lipinski definition) is 2. The van der Waals surface area contributed by atoms with E-state index in [1.165, 1.54) is 0 Å². The van der Waals surface area contributed by atoms with E-state index >= 15 is 0 Å². The Kier molecular flexibility index (Phi) is 4.47. The molecular formula is C19H17N5O2S. The van der Waals surface area contributed by atoms with Crippen LogP contribution in [0.5, 0.6) is 11.5 Å². The Morgan fingerprint density at radius 3 is 2.74 bits per heavy atom. The second-order valence-corrected chi connectivity index (χ2v) is 6.16. The normalized spacial score (nSPS) is 11.3. The molecule has 2 N–H and O–H groups in total. The van der Waals surface area contributed by atoms with Gasteiger partial charge >= 0.3 is 0 Å². The molecule has 0 unspecified atom stereocenters. The Bertz CT molecular complexity index is 1190. The number of aromatic nitrogens is 4. The molecule has 136 valence electrons. The van der Waals surface area contributed by atoms with Gasteiger partial charge in [0.25, 0.3) is 0 Å². The van der Waals surface area contributed by atoms with Crippen LogP contribution >= 0.6 is 12.2 Å². The Morgan fingerprint density at radius 2 is 1.93 bits per heavy atom. The molecule has 0 aliphatic heterocycles. The molecule has 2 heterocycles. The zero-order valence-corrected chi connectivity index (χ0v) is 15.6. The van der Waals surface area contributed by atoms with Crippen molar-refractivity contribution in [2.45, 2.75) is 0 Å². The van der Waals surface area contributed by atoms with Crippen LogP contribution in [0.25, 0.3) is 22.3 Å². The van der Waals surface area contributed by atoms with Gasteiger partial charge in [0, 0.05) is 22.7 Å². The number of nitrogens with one attached hydrogen (secondary N) is 2. The van der Waals surface area contributed by atoms with Crippen molar-refractivity contribution in [3.63, 3.8) is 0 Å². The average Bonchev–Trinajstić information content (AvgIpc) is 3.29. The van der Waals surface area contributed by atoms with Gasteiger partial charge < -0.3 is 14.5 Å². The zero-order valence-electron chi connectivity index (χ0n) is 14.8. The monoisotopic (exact) mass is 379 g/mol. The fraction of sp³-hybridized carbons (Fsp3) is 0.105. The van der Waals surface area contributed by atoms with E-state index in [0.29, 0.717) is 22.1 Å². The van der Waals surface area contributed by atoms with Crippen LogP contribution in [-0.4, -0.2) is 40.3 Å². The van der Waals surface area contributed by atoms with Gasteiger partial charge in [-0.1, -0.05) is 18.2 Å². The molecule has 4 rings (SSSR count). The average molecular weight is 379 g/mol. The molecule has 4 aromatic rings. The predicted molar refractivity (Wildman–Crippen MR) is 107 cm³/mol. The number of fused-ring (bicyclic) bond motifs is 1. The van der Waals surface area contributed by atoms with Crippen molar-refractivity contribution in [1.29, 1.82) is 0 Å². The van der Waals surface area contributed by atoms with Crippen molar-refractivity contribution in [3.05, 3.63) is 59.0 Å². The number of methoxy groups -OCH3 is 2. The van der Waals surface area contributed by atoms with Gasteiger partial charge in [-0.2, -0.15) is 14.9 Å². The van der Waals surface area contributed by atoms with E-state index < -0.39 is 0 Å². The highest BCUT2D eigenvalue weighted by molar-refractivity contribution is 7.71. The van der Waals surface area contributed by atoms with Crippen molar-refractivity contribution < 1.29 is 9.47 Å². The minimum absolute atomic E-state index is 0.409. The summed E-state index contributed by atoms with van der Waals surface area (Å²) in [6.07, 6.45) is 3.60. The van der Waals surface area contributed by atoms with Crippen molar-refractivity contribution in [3.8, 4) is 22.9 Å². The third-order valence-electron chi connectivity index (χ3n) is 4.21. The van der Waals surface area contributed by atoms with E-state index in [1.54, 1.807) is 25.1 Å². The SMILES string of the molecule is COc1ccc(/C=N/n2c(-c3c[nH]c4ccccc34)n[nH]c2=S)cc1OC. The summed E-state index contributed by atoms with van der Waals surface area (Å²) in [6, 6.07) is 13.6. The minimum atomic E-state index is 0.409. The summed E-state index contributed by atoms with van der Waals surface area (Å²) in [5.41, 5.74) is 2.79. The first-order valence-corrected chi connectivity index (χ1v) is 8.62. The molecule has 0 saturated carbocycles.